The first-order valence-electron chi connectivity index (χ1n) is 3.54. The van der Waals surface area contributed by atoms with Gasteiger partial charge in [0, 0.05) is 25.7 Å². The van der Waals surface area contributed by atoms with Crippen molar-refractivity contribution in [3.05, 3.63) is 36.2 Å². The molecule has 0 bridgehead atoms. The van der Waals surface area contributed by atoms with E-state index in [0.29, 0.717) is 5.82 Å². The van der Waals surface area contributed by atoms with Gasteiger partial charge in [0.15, 0.2) is 0 Å². The average molecular weight is 184 g/mol. The highest BCUT2D eigenvalue weighted by Crippen LogP contribution is 2.10. The fraction of sp³-hybridized carbons (Fsp3) is 0.250. The summed E-state index contributed by atoms with van der Waals surface area (Å²) >= 11 is 0. The zero-order chi connectivity index (χ0) is 9.14. The second kappa shape index (κ2) is 3.58. The minimum absolute atomic E-state index is 0.717. The minimum Gasteiger partial charge on any atom is -0.338 e. The number of hydrogen-bond donors (Lipinski definition) is 0. The van der Waals surface area contributed by atoms with Gasteiger partial charge in [0.2, 0.25) is 0 Å². The standard InChI is InChI=1S/C8H12N2OS/c1-8-9(2)6-4-5-7-12(11)10(8)3/h4-7H,1H2,2-3H3/b6-4-,7-5-. The predicted octanol–water partition coefficient (Wildman–Crippen LogP) is 1.03. The molecule has 0 amide bonds. The molecule has 1 atom stereocenters. The third-order valence-corrected chi connectivity index (χ3v) is 2.80. The van der Waals surface area contributed by atoms with E-state index in [2.05, 4.69) is 6.58 Å². The third kappa shape index (κ3) is 1.76. The van der Waals surface area contributed by atoms with Crippen LogP contribution in [0.1, 0.15) is 0 Å². The first-order chi connectivity index (χ1) is 5.63. The maximum absolute atomic E-state index is 11.4. The van der Waals surface area contributed by atoms with E-state index >= 15 is 0 Å². The molecule has 1 unspecified atom stereocenters. The van der Waals surface area contributed by atoms with Gasteiger partial charge in [-0.2, -0.15) is 0 Å². The molecular formula is C8H12N2OS. The van der Waals surface area contributed by atoms with Crippen LogP contribution in [0.25, 0.3) is 0 Å². The number of allylic oxidation sites excluding steroid dienone is 2. The van der Waals surface area contributed by atoms with Crippen LogP contribution in [0.3, 0.4) is 0 Å². The van der Waals surface area contributed by atoms with E-state index in [4.69, 9.17) is 0 Å². The van der Waals surface area contributed by atoms with Crippen molar-refractivity contribution in [1.29, 1.82) is 0 Å². The smallest absolute Gasteiger partial charge is 0.146 e. The molecule has 0 spiro atoms. The van der Waals surface area contributed by atoms with Gasteiger partial charge in [-0.15, -0.1) is 0 Å². The van der Waals surface area contributed by atoms with Crippen LogP contribution < -0.4 is 0 Å². The van der Waals surface area contributed by atoms with Crippen LogP contribution in [0.15, 0.2) is 36.2 Å². The summed E-state index contributed by atoms with van der Waals surface area (Å²) in [7, 11) is 2.51. The zero-order valence-corrected chi connectivity index (χ0v) is 8.04. The molecule has 0 radical (unpaired) electrons. The van der Waals surface area contributed by atoms with Crippen molar-refractivity contribution in [2.45, 2.75) is 0 Å². The van der Waals surface area contributed by atoms with E-state index in [-0.39, 0.29) is 0 Å². The number of nitrogens with zero attached hydrogens (tertiary/aromatic N) is 2. The Morgan fingerprint density at radius 2 is 2.08 bits per heavy atom. The van der Waals surface area contributed by atoms with E-state index in [1.165, 1.54) is 0 Å². The van der Waals surface area contributed by atoms with Gasteiger partial charge in [-0.25, -0.2) is 4.21 Å². The Balaban J connectivity index is 2.93. The fourth-order valence-electron chi connectivity index (χ4n) is 0.795. The molecule has 3 nitrogen and oxygen atoms in total. The summed E-state index contributed by atoms with van der Waals surface area (Å²) < 4.78 is 13.0. The maximum Gasteiger partial charge on any atom is 0.146 e. The molecule has 0 saturated heterocycles. The highest BCUT2D eigenvalue weighted by Gasteiger charge is 2.10. The minimum atomic E-state index is -1.10. The van der Waals surface area contributed by atoms with Crippen LogP contribution in [0.5, 0.6) is 0 Å². The van der Waals surface area contributed by atoms with E-state index < -0.39 is 11.0 Å². The topological polar surface area (TPSA) is 23.6 Å². The fourth-order valence-corrected chi connectivity index (χ4v) is 1.54. The number of rotatable bonds is 0. The Hall–Kier alpha value is -1.03. The van der Waals surface area contributed by atoms with Gasteiger partial charge in [0.25, 0.3) is 0 Å². The average Bonchev–Trinajstić information content (AvgIpc) is 2.07. The summed E-state index contributed by atoms with van der Waals surface area (Å²) in [5.74, 6) is 0.717. The van der Waals surface area contributed by atoms with Gasteiger partial charge in [0.05, 0.1) is 0 Å². The normalized spacial score (nSPS) is 29.5. The largest absolute Gasteiger partial charge is 0.338 e. The summed E-state index contributed by atoms with van der Waals surface area (Å²) in [6.45, 7) is 3.80. The highest BCUT2D eigenvalue weighted by molar-refractivity contribution is 7.85. The molecule has 0 aliphatic carbocycles. The molecule has 0 aromatic heterocycles. The molecule has 0 aromatic rings. The van der Waals surface area contributed by atoms with Crippen molar-refractivity contribution in [2.75, 3.05) is 14.1 Å². The lowest BCUT2D eigenvalue weighted by molar-refractivity contribution is 0.440. The quantitative estimate of drug-likeness (QED) is 0.561. The van der Waals surface area contributed by atoms with Gasteiger partial charge >= 0.3 is 0 Å². The Morgan fingerprint density at radius 3 is 2.75 bits per heavy atom. The first-order valence-corrected chi connectivity index (χ1v) is 4.71. The van der Waals surface area contributed by atoms with E-state index in [9.17, 15) is 4.21 Å². The first kappa shape index (κ1) is 9.06. The van der Waals surface area contributed by atoms with Crippen LogP contribution >= 0.6 is 0 Å². The van der Waals surface area contributed by atoms with Crippen molar-refractivity contribution in [3.63, 3.8) is 0 Å². The van der Waals surface area contributed by atoms with Crippen molar-refractivity contribution >= 4 is 11.0 Å². The summed E-state index contributed by atoms with van der Waals surface area (Å²) in [6, 6.07) is 0. The van der Waals surface area contributed by atoms with E-state index in [1.54, 1.807) is 22.8 Å². The molecule has 1 aliphatic rings. The monoisotopic (exact) mass is 184 g/mol. The maximum atomic E-state index is 11.4. The van der Waals surface area contributed by atoms with Crippen molar-refractivity contribution in [1.82, 2.24) is 9.21 Å². The third-order valence-electron chi connectivity index (χ3n) is 1.66. The van der Waals surface area contributed by atoms with Crippen LogP contribution in [0.2, 0.25) is 0 Å². The van der Waals surface area contributed by atoms with Crippen molar-refractivity contribution < 1.29 is 4.21 Å². The Labute approximate surface area is 75.2 Å². The lowest BCUT2D eigenvalue weighted by atomic mass is 10.5. The predicted molar refractivity (Wildman–Crippen MR) is 51.1 cm³/mol. The molecule has 0 N–H and O–H groups in total. The molecule has 0 fully saturated rings. The van der Waals surface area contributed by atoms with Crippen LogP contribution in [-0.4, -0.2) is 27.5 Å². The molecule has 0 aromatic carbocycles. The van der Waals surface area contributed by atoms with Crippen molar-refractivity contribution in [3.8, 4) is 0 Å². The van der Waals surface area contributed by atoms with Crippen LogP contribution in [-0.2, 0) is 11.0 Å². The molecule has 1 aliphatic heterocycles. The van der Waals surface area contributed by atoms with Crippen LogP contribution in [0.4, 0.5) is 0 Å². The Morgan fingerprint density at radius 1 is 1.42 bits per heavy atom. The zero-order valence-electron chi connectivity index (χ0n) is 7.23. The molecule has 1 heterocycles. The van der Waals surface area contributed by atoms with E-state index in [0.717, 1.165) is 0 Å². The van der Waals surface area contributed by atoms with Gasteiger partial charge in [-0.1, -0.05) is 12.7 Å². The van der Waals surface area contributed by atoms with Gasteiger partial charge in [-0.05, 0) is 6.08 Å². The number of hydrogen-bond acceptors (Lipinski definition) is 2. The Bertz CT molecular complexity index is 270. The molecule has 0 saturated carbocycles. The second-order valence-corrected chi connectivity index (χ2v) is 3.84. The Kier molecular flexibility index (Phi) is 2.70. The summed E-state index contributed by atoms with van der Waals surface area (Å²) in [5.41, 5.74) is 0. The highest BCUT2D eigenvalue weighted by atomic mass is 32.2. The van der Waals surface area contributed by atoms with Gasteiger partial charge in [0.1, 0.15) is 16.8 Å². The molecule has 12 heavy (non-hydrogen) atoms. The molecular weight excluding hydrogens is 172 g/mol. The van der Waals surface area contributed by atoms with E-state index in [1.807, 2.05) is 24.2 Å². The summed E-state index contributed by atoms with van der Waals surface area (Å²) in [6.07, 6.45) is 5.46. The van der Waals surface area contributed by atoms with Crippen molar-refractivity contribution in [2.24, 2.45) is 0 Å². The molecule has 1 rings (SSSR count). The summed E-state index contributed by atoms with van der Waals surface area (Å²) in [4.78, 5) is 1.82. The SMILES string of the molecule is C=C1N(C)/C=C\C=C/S(=O)N1C. The molecule has 66 valence electrons. The molecule has 4 heteroatoms. The lowest BCUT2D eigenvalue weighted by Crippen LogP contribution is -2.27. The van der Waals surface area contributed by atoms with Crippen LogP contribution in [0, 0.1) is 0 Å². The lowest BCUT2D eigenvalue weighted by Gasteiger charge is -2.26. The summed E-state index contributed by atoms with van der Waals surface area (Å²) in [5, 5.41) is 1.62. The van der Waals surface area contributed by atoms with Gasteiger partial charge < -0.3 is 4.90 Å². The second-order valence-electron chi connectivity index (χ2n) is 2.47. The van der Waals surface area contributed by atoms with Gasteiger partial charge in [-0.3, -0.25) is 4.31 Å².